The Bertz CT molecular complexity index is 522. The van der Waals surface area contributed by atoms with Gasteiger partial charge in [-0.25, -0.2) is 8.78 Å². The summed E-state index contributed by atoms with van der Waals surface area (Å²) >= 11 is 0. The Kier molecular flexibility index (Phi) is 5.51. The number of hydrogen-bond acceptors (Lipinski definition) is 4. The SMILES string of the molecule is CCOC(C)CNC(=O)c1cc(F)c(F)cc1[N+](=O)[O-]. The predicted molar refractivity (Wildman–Crippen MR) is 66.4 cm³/mol. The summed E-state index contributed by atoms with van der Waals surface area (Å²) < 4.78 is 31.2. The van der Waals surface area contributed by atoms with Crippen molar-refractivity contribution in [3.63, 3.8) is 0 Å². The topological polar surface area (TPSA) is 81.5 Å². The molecule has 0 aliphatic carbocycles. The summed E-state index contributed by atoms with van der Waals surface area (Å²) in [5.74, 6) is -3.56. The van der Waals surface area contributed by atoms with E-state index in [4.69, 9.17) is 4.74 Å². The molecule has 1 amide bonds. The molecule has 6 nitrogen and oxygen atoms in total. The Labute approximate surface area is 113 Å². The molecule has 20 heavy (non-hydrogen) atoms. The van der Waals surface area contributed by atoms with E-state index >= 15 is 0 Å². The minimum absolute atomic E-state index is 0.100. The molecule has 0 radical (unpaired) electrons. The molecule has 0 heterocycles. The minimum Gasteiger partial charge on any atom is -0.377 e. The van der Waals surface area contributed by atoms with E-state index in [0.717, 1.165) is 0 Å². The van der Waals surface area contributed by atoms with Crippen LogP contribution >= 0.6 is 0 Å². The molecular formula is C12H14F2N2O4. The maximum atomic E-state index is 13.1. The second-order valence-corrected chi connectivity index (χ2v) is 4.02. The summed E-state index contributed by atoms with van der Waals surface area (Å²) in [6.45, 7) is 4.02. The first-order valence-electron chi connectivity index (χ1n) is 5.90. The van der Waals surface area contributed by atoms with E-state index in [-0.39, 0.29) is 12.6 Å². The molecule has 1 aromatic rings. The number of carbonyl (C=O) groups excluding carboxylic acids is 1. The van der Waals surface area contributed by atoms with E-state index in [2.05, 4.69) is 5.32 Å². The number of rotatable bonds is 6. The fraction of sp³-hybridized carbons (Fsp3) is 0.417. The molecule has 1 atom stereocenters. The van der Waals surface area contributed by atoms with Crippen molar-refractivity contribution in [2.45, 2.75) is 20.0 Å². The molecule has 1 rings (SSSR count). The number of halogens is 2. The van der Waals surface area contributed by atoms with Crippen LogP contribution in [-0.4, -0.2) is 30.1 Å². The van der Waals surface area contributed by atoms with Crippen molar-refractivity contribution in [2.75, 3.05) is 13.2 Å². The van der Waals surface area contributed by atoms with Crippen molar-refractivity contribution in [1.29, 1.82) is 0 Å². The van der Waals surface area contributed by atoms with Gasteiger partial charge in [-0.3, -0.25) is 14.9 Å². The molecule has 0 saturated heterocycles. The third-order valence-corrected chi connectivity index (χ3v) is 2.48. The van der Waals surface area contributed by atoms with Crippen LogP contribution in [0.15, 0.2) is 12.1 Å². The van der Waals surface area contributed by atoms with E-state index in [9.17, 15) is 23.7 Å². The fourth-order valence-electron chi connectivity index (χ4n) is 1.54. The van der Waals surface area contributed by atoms with Crippen molar-refractivity contribution in [1.82, 2.24) is 5.32 Å². The first kappa shape index (κ1) is 16.0. The average Bonchev–Trinajstić information content (AvgIpc) is 2.38. The predicted octanol–water partition coefficient (Wildman–Crippen LogP) is 2.03. The molecular weight excluding hydrogens is 274 g/mol. The number of benzene rings is 1. The summed E-state index contributed by atoms with van der Waals surface area (Å²) in [7, 11) is 0. The van der Waals surface area contributed by atoms with Gasteiger partial charge in [0.1, 0.15) is 5.56 Å². The summed E-state index contributed by atoms with van der Waals surface area (Å²) in [6.07, 6.45) is -0.298. The molecule has 110 valence electrons. The number of nitro benzene ring substituents is 1. The lowest BCUT2D eigenvalue weighted by Gasteiger charge is -2.12. The van der Waals surface area contributed by atoms with Crippen LogP contribution in [0.5, 0.6) is 0 Å². The molecule has 0 aliphatic heterocycles. The lowest BCUT2D eigenvalue weighted by atomic mass is 10.1. The second-order valence-electron chi connectivity index (χ2n) is 4.02. The van der Waals surface area contributed by atoms with Gasteiger partial charge in [0, 0.05) is 13.2 Å². The van der Waals surface area contributed by atoms with Gasteiger partial charge in [-0.15, -0.1) is 0 Å². The highest BCUT2D eigenvalue weighted by atomic mass is 19.2. The van der Waals surface area contributed by atoms with Crippen LogP contribution in [0.1, 0.15) is 24.2 Å². The number of nitrogens with zero attached hydrogens (tertiary/aromatic N) is 1. The van der Waals surface area contributed by atoms with Gasteiger partial charge in [0.25, 0.3) is 11.6 Å². The molecule has 0 aliphatic rings. The Morgan fingerprint density at radius 2 is 2.05 bits per heavy atom. The third kappa shape index (κ3) is 3.95. The van der Waals surface area contributed by atoms with Crippen molar-refractivity contribution in [3.8, 4) is 0 Å². The van der Waals surface area contributed by atoms with Crippen LogP contribution in [0.25, 0.3) is 0 Å². The van der Waals surface area contributed by atoms with E-state index in [0.29, 0.717) is 18.7 Å². The Morgan fingerprint density at radius 3 is 2.60 bits per heavy atom. The molecule has 1 N–H and O–H groups in total. The van der Waals surface area contributed by atoms with E-state index < -0.39 is 33.7 Å². The lowest BCUT2D eigenvalue weighted by Crippen LogP contribution is -2.32. The van der Waals surface area contributed by atoms with Crippen molar-refractivity contribution in [3.05, 3.63) is 39.4 Å². The molecule has 0 aromatic heterocycles. The standard InChI is InChI=1S/C12H14F2N2O4/c1-3-20-7(2)6-15-12(17)8-4-9(13)10(14)5-11(8)16(18)19/h4-5,7H,3,6H2,1-2H3,(H,15,17). The first-order valence-corrected chi connectivity index (χ1v) is 5.90. The van der Waals surface area contributed by atoms with E-state index in [1.807, 2.05) is 0 Å². The van der Waals surface area contributed by atoms with Crippen molar-refractivity contribution < 1.29 is 23.2 Å². The maximum Gasteiger partial charge on any atom is 0.285 e. The third-order valence-electron chi connectivity index (χ3n) is 2.48. The average molecular weight is 288 g/mol. The minimum atomic E-state index is -1.38. The monoisotopic (exact) mass is 288 g/mol. The highest BCUT2D eigenvalue weighted by Crippen LogP contribution is 2.22. The van der Waals surface area contributed by atoms with Gasteiger partial charge < -0.3 is 10.1 Å². The van der Waals surface area contributed by atoms with Crippen LogP contribution in [0.3, 0.4) is 0 Å². The zero-order valence-corrected chi connectivity index (χ0v) is 11.0. The van der Waals surface area contributed by atoms with Gasteiger partial charge in [0.05, 0.1) is 17.1 Å². The van der Waals surface area contributed by atoms with Crippen LogP contribution in [0.4, 0.5) is 14.5 Å². The molecule has 8 heteroatoms. The van der Waals surface area contributed by atoms with Crippen LogP contribution in [-0.2, 0) is 4.74 Å². The smallest absolute Gasteiger partial charge is 0.285 e. The number of ether oxygens (including phenoxy) is 1. The zero-order valence-electron chi connectivity index (χ0n) is 11.0. The first-order chi connectivity index (χ1) is 9.36. The molecule has 0 spiro atoms. The van der Waals surface area contributed by atoms with Gasteiger partial charge in [-0.2, -0.15) is 0 Å². The molecule has 1 aromatic carbocycles. The Balaban J connectivity index is 2.92. The Morgan fingerprint density at radius 1 is 1.45 bits per heavy atom. The number of carbonyl (C=O) groups is 1. The fourth-order valence-corrected chi connectivity index (χ4v) is 1.54. The summed E-state index contributed by atoms with van der Waals surface area (Å²) in [4.78, 5) is 21.6. The lowest BCUT2D eigenvalue weighted by molar-refractivity contribution is -0.385. The molecule has 1 unspecified atom stereocenters. The van der Waals surface area contributed by atoms with Gasteiger partial charge in [-0.1, -0.05) is 0 Å². The molecule has 0 bridgehead atoms. The van der Waals surface area contributed by atoms with Gasteiger partial charge >= 0.3 is 0 Å². The van der Waals surface area contributed by atoms with Gasteiger partial charge in [-0.05, 0) is 19.9 Å². The maximum absolute atomic E-state index is 13.1. The number of hydrogen-bond donors (Lipinski definition) is 1. The second kappa shape index (κ2) is 6.90. The van der Waals surface area contributed by atoms with Gasteiger partial charge in [0.15, 0.2) is 11.6 Å². The summed E-state index contributed by atoms with van der Waals surface area (Å²) in [6, 6.07) is 0.893. The van der Waals surface area contributed by atoms with Crippen molar-refractivity contribution >= 4 is 11.6 Å². The number of nitrogens with one attached hydrogen (secondary N) is 1. The van der Waals surface area contributed by atoms with Crippen LogP contribution in [0.2, 0.25) is 0 Å². The van der Waals surface area contributed by atoms with Crippen LogP contribution in [0, 0.1) is 21.7 Å². The zero-order chi connectivity index (χ0) is 15.3. The molecule has 0 saturated carbocycles. The largest absolute Gasteiger partial charge is 0.377 e. The van der Waals surface area contributed by atoms with Crippen LogP contribution < -0.4 is 5.32 Å². The van der Waals surface area contributed by atoms with E-state index in [1.54, 1.807) is 13.8 Å². The van der Waals surface area contributed by atoms with Gasteiger partial charge in [0.2, 0.25) is 0 Å². The summed E-state index contributed by atoms with van der Waals surface area (Å²) in [5, 5.41) is 13.1. The summed E-state index contributed by atoms with van der Waals surface area (Å²) in [5.41, 5.74) is -1.32. The normalized spacial score (nSPS) is 12.0. The molecule has 0 fully saturated rings. The van der Waals surface area contributed by atoms with Crippen molar-refractivity contribution in [2.24, 2.45) is 0 Å². The Hall–Kier alpha value is -2.09. The number of amides is 1. The highest BCUT2D eigenvalue weighted by molar-refractivity contribution is 5.98. The highest BCUT2D eigenvalue weighted by Gasteiger charge is 2.24. The van der Waals surface area contributed by atoms with E-state index in [1.165, 1.54) is 0 Å². The quantitative estimate of drug-likeness (QED) is 0.641. The number of nitro groups is 1.